The fraction of sp³-hybridized carbons (Fsp3) is 0. The van der Waals surface area contributed by atoms with Gasteiger partial charge in [-0.3, -0.25) is 9.98 Å². The Labute approximate surface area is 256 Å². The molecule has 3 aromatic carbocycles. The molecule has 44 heavy (non-hydrogen) atoms. The highest BCUT2D eigenvalue weighted by Gasteiger charge is 2.14. The van der Waals surface area contributed by atoms with Gasteiger partial charge in [0.2, 0.25) is 0 Å². The van der Waals surface area contributed by atoms with Crippen LogP contribution in [-0.2, 0) is 0 Å². The SMILES string of the molecule is C(#Cc1cccc(/C(=C2\C=CC=N2)c2ccc[nH]2)c1)c1cccc(C#Cc2cccc(/C(=C3\C=CC=N3)c3ccc[nH]3)c2)c1. The maximum absolute atomic E-state index is 4.55. The molecule has 0 saturated carbocycles. The van der Waals surface area contributed by atoms with Gasteiger partial charge in [0, 0.05) is 69.6 Å². The van der Waals surface area contributed by atoms with Crippen LogP contribution in [0.2, 0.25) is 0 Å². The molecule has 2 N–H and O–H groups in total. The van der Waals surface area contributed by atoms with Crippen LogP contribution in [0.25, 0.3) is 11.1 Å². The number of allylic oxidation sites excluding steroid dienone is 4. The number of aromatic amines is 2. The lowest BCUT2D eigenvalue weighted by Gasteiger charge is -2.09. The molecule has 206 valence electrons. The van der Waals surface area contributed by atoms with E-state index in [0.29, 0.717) is 0 Å². The molecule has 0 radical (unpaired) electrons. The molecule has 4 heterocycles. The summed E-state index contributed by atoms with van der Waals surface area (Å²) in [6.07, 6.45) is 15.4. The fourth-order valence-electron chi connectivity index (χ4n) is 5.22. The van der Waals surface area contributed by atoms with Gasteiger partial charge in [-0.05, 0) is 102 Å². The van der Waals surface area contributed by atoms with E-state index >= 15 is 0 Å². The molecule has 2 aliphatic rings. The quantitative estimate of drug-likeness (QED) is 0.209. The zero-order valence-electron chi connectivity index (χ0n) is 23.8. The smallest absolute Gasteiger partial charge is 0.0729 e. The Morgan fingerprint density at radius 2 is 0.909 bits per heavy atom. The zero-order valence-corrected chi connectivity index (χ0v) is 23.8. The van der Waals surface area contributed by atoms with Crippen molar-refractivity contribution in [3.63, 3.8) is 0 Å². The number of aromatic nitrogens is 2. The molecule has 0 bridgehead atoms. The lowest BCUT2D eigenvalue weighted by molar-refractivity contribution is 1.32. The normalized spacial score (nSPS) is 15.1. The van der Waals surface area contributed by atoms with Crippen molar-refractivity contribution in [3.05, 3.63) is 190 Å². The molecule has 0 atom stereocenters. The number of benzene rings is 3. The first-order valence-corrected chi connectivity index (χ1v) is 14.3. The van der Waals surface area contributed by atoms with E-state index in [1.807, 2.05) is 110 Å². The monoisotopic (exact) mass is 562 g/mol. The van der Waals surface area contributed by atoms with E-state index in [9.17, 15) is 0 Å². The van der Waals surface area contributed by atoms with Gasteiger partial charge < -0.3 is 9.97 Å². The van der Waals surface area contributed by atoms with Crippen molar-refractivity contribution in [1.82, 2.24) is 9.97 Å². The maximum Gasteiger partial charge on any atom is 0.0729 e. The van der Waals surface area contributed by atoms with E-state index in [0.717, 1.165) is 67.3 Å². The first-order chi connectivity index (χ1) is 21.8. The van der Waals surface area contributed by atoms with Crippen molar-refractivity contribution in [1.29, 1.82) is 0 Å². The largest absolute Gasteiger partial charge is 0.361 e. The number of rotatable bonds is 4. The topological polar surface area (TPSA) is 56.3 Å². The van der Waals surface area contributed by atoms with Crippen LogP contribution in [-0.4, -0.2) is 22.4 Å². The highest BCUT2D eigenvalue weighted by Crippen LogP contribution is 2.30. The number of hydrogen-bond donors (Lipinski definition) is 2. The predicted molar refractivity (Wildman–Crippen MR) is 180 cm³/mol. The standard InChI is InChI=1S/C40H26N4/c1-8-29(18-20-31-10-2-12-33(27-31)39(35-14-4-22-41-35)36-15-5-23-42-36)26-30(9-1)19-21-32-11-3-13-34(28-32)40(37-16-6-24-43-37)38-17-7-25-44-38/h1-17,22-28,41,43H/b39-36-,40-38-. The van der Waals surface area contributed by atoms with Crippen LogP contribution in [0.4, 0.5) is 0 Å². The van der Waals surface area contributed by atoms with Gasteiger partial charge >= 0.3 is 0 Å². The van der Waals surface area contributed by atoms with Crippen LogP contribution in [0.1, 0.15) is 44.8 Å². The minimum Gasteiger partial charge on any atom is -0.361 e. The number of nitrogens with zero attached hydrogens (tertiary/aromatic N) is 2. The van der Waals surface area contributed by atoms with Crippen LogP contribution in [0.3, 0.4) is 0 Å². The van der Waals surface area contributed by atoms with Gasteiger partial charge in [-0.15, -0.1) is 0 Å². The van der Waals surface area contributed by atoms with E-state index in [2.05, 4.69) is 80.0 Å². The summed E-state index contributed by atoms with van der Waals surface area (Å²) >= 11 is 0. The Bertz CT molecular complexity index is 1980. The van der Waals surface area contributed by atoms with E-state index < -0.39 is 0 Å². The summed E-state index contributed by atoms with van der Waals surface area (Å²) in [5, 5.41) is 0. The number of hydrogen-bond acceptors (Lipinski definition) is 2. The van der Waals surface area contributed by atoms with Crippen molar-refractivity contribution in [2.24, 2.45) is 9.98 Å². The fourth-order valence-corrected chi connectivity index (χ4v) is 5.22. The van der Waals surface area contributed by atoms with Crippen molar-refractivity contribution in [3.8, 4) is 23.7 Å². The Kier molecular flexibility index (Phi) is 7.39. The third-order valence-corrected chi connectivity index (χ3v) is 7.22. The lowest BCUT2D eigenvalue weighted by atomic mass is 9.98. The summed E-state index contributed by atoms with van der Waals surface area (Å²) in [6.45, 7) is 0. The van der Waals surface area contributed by atoms with Gasteiger partial charge in [-0.25, -0.2) is 0 Å². The summed E-state index contributed by atoms with van der Waals surface area (Å²) in [5.74, 6) is 13.3. The van der Waals surface area contributed by atoms with Crippen LogP contribution in [0.15, 0.2) is 155 Å². The Hall–Kier alpha value is -6.36. The zero-order chi connectivity index (χ0) is 29.6. The molecular weight excluding hydrogens is 536 g/mol. The molecular formula is C40H26N4. The Balaban J connectivity index is 1.15. The van der Waals surface area contributed by atoms with Crippen molar-refractivity contribution < 1.29 is 0 Å². The molecule has 5 aromatic rings. The number of aliphatic imine (C=N–C) groups is 2. The molecule has 0 saturated heterocycles. The maximum atomic E-state index is 4.55. The van der Waals surface area contributed by atoms with Crippen LogP contribution < -0.4 is 0 Å². The summed E-state index contributed by atoms with van der Waals surface area (Å²) in [7, 11) is 0. The summed E-state index contributed by atoms with van der Waals surface area (Å²) in [5.41, 5.74) is 11.8. The van der Waals surface area contributed by atoms with Gasteiger partial charge in [0.15, 0.2) is 0 Å². The minimum atomic E-state index is 0.909. The lowest BCUT2D eigenvalue weighted by Crippen LogP contribution is -1.92. The molecule has 0 fully saturated rings. The van der Waals surface area contributed by atoms with Crippen LogP contribution in [0.5, 0.6) is 0 Å². The first kappa shape index (κ1) is 26.5. The molecule has 0 unspecified atom stereocenters. The van der Waals surface area contributed by atoms with Crippen molar-refractivity contribution in [2.45, 2.75) is 0 Å². The van der Waals surface area contributed by atoms with E-state index in [4.69, 9.17) is 0 Å². The van der Waals surface area contributed by atoms with Crippen molar-refractivity contribution >= 4 is 23.6 Å². The van der Waals surface area contributed by atoms with Gasteiger partial charge in [-0.2, -0.15) is 0 Å². The predicted octanol–water partition coefficient (Wildman–Crippen LogP) is 7.94. The highest BCUT2D eigenvalue weighted by atomic mass is 14.8. The van der Waals surface area contributed by atoms with Crippen LogP contribution >= 0.6 is 0 Å². The average Bonchev–Trinajstić information content (AvgIpc) is 3.90. The minimum absolute atomic E-state index is 0.909. The second-order valence-electron chi connectivity index (χ2n) is 10.2. The highest BCUT2D eigenvalue weighted by molar-refractivity contribution is 5.89. The molecule has 2 aromatic heterocycles. The molecule has 7 rings (SSSR count). The van der Waals surface area contributed by atoms with Gasteiger partial charge in [-0.1, -0.05) is 54.0 Å². The number of H-pyrrole nitrogens is 2. The third-order valence-electron chi connectivity index (χ3n) is 7.22. The Morgan fingerprint density at radius 1 is 0.477 bits per heavy atom. The number of nitrogens with one attached hydrogen (secondary N) is 2. The molecule has 0 aliphatic carbocycles. The summed E-state index contributed by atoms with van der Waals surface area (Å²) in [4.78, 5) is 15.7. The molecule has 4 nitrogen and oxygen atoms in total. The Morgan fingerprint density at radius 3 is 1.30 bits per heavy atom. The second kappa shape index (κ2) is 12.2. The summed E-state index contributed by atoms with van der Waals surface area (Å²) < 4.78 is 0. The van der Waals surface area contributed by atoms with Gasteiger partial charge in [0.1, 0.15) is 0 Å². The van der Waals surface area contributed by atoms with E-state index in [-0.39, 0.29) is 0 Å². The van der Waals surface area contributed by atoms with Gasteiger partial charge in [0.05, 0.1) is 11.4 Å². The summed E-state index contributed by atoms with van der Waals surface area (Å²) in [6, 6.07) is 32.7. The average molecular weight is 563 g/mol. The first-order valence-electron chi connectivity index (χ1n) is 14.3. The molecule has 0 spiro atoms. The molecule has 4 heteroatoms. The third kappa shape index (κ3) is 5.83. The van der Waals surface area contributed by atoms with E-state index in [1.165, 1.54) is 0 Å². The second-order valence-corrected chi connectivity index (χ2v) is 10.2. The van der Waals surface area contributed by atoms with Crippen molar-refractivity contribution in [2.75, 3.05) is 0 Å². The molecule has 2 aliphatic heterocycles. The van der Waals surface area contributed by atoms with Crippen LogP contribution in [0, 0.1) is 23.7 Å². The molecule has 0 amide bonds. The van der Waals surface area contributed by atoms with E-state index in [1.54, 1.807) is 0 Å². The van der Waals surface area contributed by atoms with Gasteiger partial charge in [0.25, 0.3) is 0 Å².